The molecule has 5 nitrogen and oxygen atoms in total. The van der Waals surface area contributed by atoms with Gasteiger partial charge in [-0.2, -0.15) is 10.4 Å². The van der Waals surface area contributed by atoms with Crippen LogP contribution in [0.2, 0.25) is 0 Å². The maximum Gasteiger partial charge on any atom is 0.138 e. The van der Waals surface area contributed by atoms with Gasteiger partial charge in [0.25, 0.3) is 0 Å². The zero-order chi connectivity index (χ0) is 16.9. The van der Waals surface area contributed by atoms with Crippen molar-refractivity contribution in [3.05, 3.63) is 64.9 Å². The first kappa shape index (κ1) is 15.4. The Kier molecular flexibility index (Phi) is 4.30. The van der Waals surface area contributed by atoms with Gasteiger partial charge in [0.2, 0.25) is 0 Å². The molecular weight excluding hydrogens is 302 g/mol. The summed E-state index contributed by atoms with van der Waals surface area (Å²) in [5, 5.41) is 32.4. The van der Waals surface area contributed by atoms with Crippen LogP contribution in [0.15, 0.2) is 53.3 Å². The lowest BCUT2D eigenvalue weighted by atomic mass is 9.97. The third-order valence-electron chi connectivity index (χ3n) is 3.63. The van der Waals surface area contributed by atoms with Gasteiger partial charge in [-0.3, -0.25) is 5.43 Å². The Hall–Kier alpha value is -3.52. The number of nitrogens with one attached hydrogen (secondary N) is 1. The number of nitrogens with zero attached hydrogens (tertiary/aromatic N) is 2. The summed E-state index contributed by atoms with van der Waals surface area (Å²) in [6.45, 7) is 0. The van der Waals surface area contributed by atoms with Crippen LogP contribution in [0.25, 0.3) is 17.7 Å². The molecule has 24 heavy (non-hydrogen) atoms. The molecule has 0 unspecified atom stereocenters. The van der Waals surface area contributed by atoms with Crippen molar-refractivity contribution in [2.24, 2.45) is 5.10 Å². The van der Waals surface area contributed by atoms with Gasteiger partial charge in [-0.1, -0.05) is 24.3 Å². The summed E-state index contributed by atoms with van der Waals surface area (Å²) in [6.07, 6.45) is 5.97. The van der Waals surface area contributed by atoms with Gasteiger partial charge in [0.1, 0.15) is 23.3 Å². The van der Waals surface area contributed by atoms with Gasteiger partial charge in [0.05, 0.1) is 0 Å². The fourth-order valence-corrected chi connectivity index (χ4v) is 2.45. The molecule has 3 rings (SSSR count). The molecular formula is C19H15N3O2. The number of benzene rings is 2. The molecule has 1 heterocycles. The number of rotatable bonds is 3. The molecule has 1 aliphatic heterocycles. The fraction of sp³-hybridized carbons (Fsp3) is 0.0526. The topological polar surface area (TPSA) is 88.6 Å². The van der Waals surface area contributed by atoms with Crippen molar-refractivity contribution >= 4 is 23.9 Å². The van der Waals surface area contributed by atoms with E-state index < -0.39 is 0 Å². The largest absolute Gasteiger partial charge is 0.508 e. The Labute approximate surface area is 139 Å². The highest BCUT2D eigenvalue weighted by Gasteiger charge is 2.12. The first-order chi connectivity index (χ1) is 11.7. The van der Waals surface area contributed by atoms with Crippen molar-refractivity contribution in [3.63, 3.8) is 0 Å². The number of aromatic hydroxyl groups is 2. The second kappa shape index (κ2) is 6.71. The Bertz CT molecular complexity index is 888. The summed E-state index contributed by atoms with van der Waals surface area (Å²) in [6, 6.07) is 14.1. The van der Waals surface area contributed by atoms with E-state index in [1.165, 1.54) is 0 Å². The number of nitriles is 1. The zero-order valence-corrected chi connectivity index (χ0v) is 12.8. The third-order valence-corrected chi connectivity index (χ3v) is 3.63. The van der Waals surface area contributed by atoms with Crippen LogP contribution in [-0.2, 0) is 0 Å². The second-order valence-electron chi connectivity index (χ2n) is 5.33. The molecule has 5 heteroatoms. The number of allylic oxidation sites excluding steroid dienone is 2. The van der Waals surface area contributed by atoms with Crippen molar-refractivity contribution in [2.75, 3.05) is 0 Å². The highest BCUT2D eigenvalue weighted by Crippen LogP contribution is 2.28. The van der Waals surface area contributed by atoms with Crippen LogP contribution in [-0.4, -0.2) is 16.4 Å². The number of hydrogen-bond donors (Lipinski definition) is 3. The van der Waals surface area contributed by atoms with E-state index in [0.717, 1.165) is 22.3 Å². The SMILES string of the molecule is N#CC1=C(c2cc(O)cc(/C=C/c3ccc(O)cc3)c2)CC=NN1. The van der Waals surface area contributed by atoms with Gasteiger partial charge in [0.15, 0.2) is 0 Å². The molecule has 2 aromatic carbocycles. The maximum atomic E-state index is 9.99. The fourth-order valence-electron chi connectivity index (χ4n) is 2.45. The van der Waals surface area contributed by atoms with E-state index in [1.54, 1.807) is 42.6 Å². The number of phenols is 2. The Morgan fingerprint density at radius 1 is 1.00 bits per heavy atom. The summed E-state index contributed by atoms with van der Waals surface area (Å²) < 4.78 is 0. The van der Waals surface area contributed by atoms with E-state index in [0.29, 0.717) is 12.1 Å². The summed E-state index contributed by atoms with van der Waals surface area (Å²) >= 11 is 0. The lowest BCUT2D eigenvalue weighted by Gasteiger charge is -2.13. The van der Waals surface area contributed by atoms with E-state index in [4.69, 9.17) is 0 Å². The van der Waals surface area contributed by atoms with E-state index in [-0.39, 0.29) is 11.5 Å². The summed E-state index contributed by atoms with van der Waals surface area (Å²) in [5.41, 5.74) is 6.38. The first-order valence-electron chi connectivity index (χ1n) is 7.38. The minimum absolute atomic E-state index is 0.130. The summed E-state index contributed by atoms with van der Waals surface area (Å²) in [5.74, 6) is 0.347. The second-order valence-corrected chi connectivity index (χ2v) is 5.33. The predicted molar refractivity (Wildman–Crippen MR) is 93.9 cm³/mol. The third kappa shape index (κ3) is 3.45. The van der Waals surface area contributed by atoms with E-state index in [9.17, 15) is 15.5 Å². The Morgan fingerprint density at radius 2 is 1.75 bits per heavy atom. The molecule has 0 saturated carbocycles. The van der Waals surface area contributed by atoms with E-state index in [2.05, 4.69) is 16.6 Å². The molecule has 3 N–H and O–H groups in total. The maximum absolute atomic E-state index is 9.99. The van der Waals surface area contributed by atoms with Crippen LogP contribution in [0, 0.1) is 11.3 Å². The minimum atomic E-state index is 0.130. The van der Waals surface area contributed by atoms with Gasteiger partial charge >= 0.3 is 0 Å². The molecule has 0 radical (unpaired) electrons. The quantitative estimate of drug-likeness (QED) is 0.756. The van der Waals surface area contributed by atoms with Crippen LogP contribution in [0.1, 0.15) is 23.1 Å². The molecule has 0 saturated heterocycles. The Morgan fingerprint density at radius 3 is 2.50 bits per heavy atom. The predicted octanol–water partition coefficient (Wildman–Crippen LogP) is 3.48. The zero-order valence-electron chi connectivity index (χ0n) is 12.8. The van der Waals surface area contributed by atoms with Crippen LogP contribution in [0.5, 0.6) is 11.5 Å². The van der Waals surface area contributed by atoms with Crippen molar-refractivity contribution in [1.29, 1.82) is 5.26 Å². The molecule has 2 aromatic rings. The molecule has 0 amide bonds. The van der Waals surface area contributed by atoms with Crippen molar-refractivity contribution in [2.45, 2.75) is 6.42 Å². The van der Waals surface area contributed by atoms with Crippen molar-refractivity contribution in [3.8, 4) is 17.6 Å². The minimum Gasteiger partial charge on any atom is -0.508 e. The van der Waals surface area contributed by atoms with Crippen LogP contribution < -0.4 is 5.43 Å². The van der Waals surface area contributed by atoms with Gasteiger partial charge in [-0.15, -0.1) is 0 Å². The van der Waals surface area contributed by atoms with Gasteiger partial charge in [-0.05, 0) is 47.0 Å². The van der Waals surface area contributed by atoms with Crippen molar-refractivity contribution < 1.29 is 10.2 Å². The molecule has 0 aliphatic carbocycles. The molecule has 0 fully saturated rings. The summed E-state index contributed by atoms with van der Waals surface area (Å²) in [7, 11) is 0. The monoisotopic (exact) mass is 317 g/mol. The number of hydrazone groups is 1. The molecule has 0 bridgehead atoms. The lowest BCUT2D eigenvalue weighted by Crippen LogP contribution is -2.12. The normalized spacial score (nSPS) is 13.8. The van der Waals surface area contributed by atoms with Gasteiger partial charge in [-0.25, -0.2) is 0 Å². The molecule has 0 atom stereocenters. The van der Waals surface area contributed by atoms with Gasteiger partial charge < -0.3 is 10.2 Å². The smallest absolute Gasteiger partial charge is 0.138 e. The van der Waals surface area contributed by atoms with Crippen molar-refractivity contribution in [1.82, 2.24) is 5.43 Å². The van der Waals surface area contributed by atoms with Crippen LogP contribution in [0.3, 0.4) is 0 Å². The number of phenolic OH excluding ortho intramolecular Hbond substituents is 2. The Balaban J connectivity index is 1.93. The van der Waals surface area contributed by atoms with Crippen LogP contribution in [0.4, 0.5) is 0 Å². The molecule has 0 aromatic heterocycles. The van der Waals surface area contributed by atoms with E-state index >= 15 is 0 Å². The highest BCUT2D eigenvalue weighted by molar-refractivity contribution is 5.85. The average molecular weight is 317 g/mol. The molecule has 0 spiro atoms. The average Bonchev–Trinajstić information content (AvgIpc) is 2.61. The number of hydrogen-bond acceptors (Lipinski definition) is 5. The summed E-state index contributed by atoms with van der Waals surface area (Å²) in [4.78, 5) is 0. The first-order valence-corrected chi connectivity index (χ1v) is 7.38. The lowest BCUT2D eigenvalue weighted by molar-refractivity contribution is 0.474. The van der Waals surface area contributed by atoms with E-state index in [1.807, 2.05) is 18.2 Å². The van der Waals surface area contributed by atoms with Crippen LogP contribution >= 0.6 is 0 Å². The molecule has 118 valence electrons. The standard InChI is InChI=1S/C19H15N3O2/c20-12-19-18(7-8-21-22-19)15-9-14(10-17(24)11-15)2-1-13-3-5-16(23)6-4-13/h1-6,8-11,22-24H,7H2/b2-1+. The highest BCUT2D eigenvalue weighted by atomic mass is 16.3. The van der Waals surface area contributed by atoms with Gasteiger partial charge in [0, 0.05) is 18.2 Å². The molecule has 1 aliphatic rings.